The second-order valence-corrected chi connectivity index (χ2v) is 5.88. The highest BCUT2D eigenvalue weighted by Crippen LogP contribution is 2.28. The Labute approximate surface area is 122 Å². The summed E-state index contributed by atoms with van der Waals surface area (Å²) in [5.41, 5.74) is 0. The normalized spacial score (nSPS) is 14.3. The molecule has 0 bridgehead atoms. The lowest BCUT2D eigenvalue weighted by Gasteiger charge is -2.18. The molecule has 1 rings (SSSR count). The van der Waals surface area contributed by atoms with E-state index in [1.54, 1.807) is 0 Å². The maximum Gasteiger partial charge on any atom is 0.324 e. The van der Waals surface area contributed by atoms with Gasteiger partial charge < -0.3 is 19.7 Å². The second-order valence-electron chi connectivity index (χ2n) is 4.19. The minimum atomic E-state index is -4.19. The number of rotatable bonds is 7. The van der Waals surface area contributed by atoms with Crippen molar-refractivity contribution in [1.29, 1.82) is 0 Å². The maximum atomic E-state index is 12.2. The number of carboxylic acids is 1. The standard InChI is InChI=1S/C12H17NO7S/c1-7(14)11(12(15)16)13-21(17,18)10-5-4-8(19-2)6-9(10)20-3/h4-7,11,13-14H,1-3H3,(H,15,16). The van der Waals surface area contributed by atoms with E-state index in [-0.39, 0.29) is 10.6 Å². The average Bonchev–Trinajstić information content (AvgIpc) is 2.43. The Hall–Kier alpha value is -1.84. The van der Waals surface area contributed by atoms with Gasteiger partial charge in [-0.05, 0) is 19.1 Å². The number of aliphatic carboxylic acids is 1. The van der Waals surface area contributed by atoms with E-state index in [9.17, 15) is 18.3 Å². The zero-order chi connectivity index (χ0) is 16.2. The number of aliphatic hydroxyl groups excluding tert-OH is 1. The van der Waals surface area contributed by atoms with E-state index >= 15 is 0 Å². The molecule has 2 unspecified atom stereocenters. The Balaban J connectivity index is 3.21. The summed E-state index contributed by atoms with van der Waals surface area (Å²) in [7, 11) is -1.50. The van der Waals surface area contributed by atoms with Crippen molar-refractivity contribution >= 4 is 16.0 Å². The predicted octanol–water partition coefficient (Wildman–Crippen LogP) is -0.184. The van der Waals surface area contributed by atoms with E-state index in [0.29, 0.717) is 5.75 Å². The van der Waals surface area contributed by atoms with Crippen LogP contribution in [0.5, 0.6) is 11.5 Å². The van der Waals surface area contributed by atoms with Crippen LogP contribution in [0, 0.1) is 0 Å². The molecule has 118 valence electrons. The van der Waals surface area contributed by atoms with E-state index in [0.717, 1.165) is 0 Å². The molecule has 0 saturated heterocycles. The average molecular weight is 319 g/mol. The van der Waals surface area contributed by atoms with Crippen molar-refractivity contribution in [3.63, 3.8) is 0 Å². The minimum absolute atomic E-state index is 0.00317. The lowest BCUT2D eigenvalue weighted by Crippen LogP contribution is -2.47. The SMILES string of the molecule is COc1ccc(S(=O)(=O)NC(C(=O)O)C(C)O)c(OC)c1. The third kappa shape index (κ3) is 4.06. The molecule has 0 fully saturated rings. The van der Waals surface area contributed by atoms with Gasteiger partial charge in [0.1, 0.15) is 22.4 Å². The van der Waals surface area contributed by atoms with Crippen LogP contribution in [-0.2, 0) is 14.8 Å². The molecule has 1 aromatic carbocycles. The van der Waals surface area contributed by atoms with Crippen molar-refractivity contribution in [2.45, 2.75) is 24.0 Å². The molecular weight excluding hydrogens is 302 g/mol. The molecule has 21 heavy (non-hydrogen) atoms. The first-order chi connectivity index (χ1) is 9.72. The minimum Gasteiger partial charge on any atom is -0.497 e. The molecule has 0 aliphatic heterocycles. The number of hydrogen-bond donors (Lipinski definition) is 3. The van der Waals surface area contributed by atoms with Gasteiger partial charge in [-0.1, -0.05) is 0 Å². The van der Waals surface area contributed by atoms with Gasteiger partial charge in [-0.15, -0.1) is 0 Å². The van der Waals surface area contributed by atoms with E-state index in [4.69, 9.17) is 14.6 Å². The van der Waals surface area contributed by atoms with Crippen LogP contribution in [0.3, 0.4) is 0 Å². The Morgan fingerprint density at radius 2 is 1.90 bits per heavy atom. The van der Waals surface area contributed by atoms with Crippen LogP contribution >= 0.6 is 0 Å². The summed E-state index contributed by atoms with van der Waals surface area (Å²) in [6.07, 6.45) is -1.40. The molecule has 0 radical (unpaired) electrons. The summed E-state index contributed by atoms with van der Waals surface area (Å²) in [4.78, 5) is 10.7. The molecule has 0 saturated carbocycles. The lowest BCUT2D eigenvalue weighted by molar-refractivity contribution is -0.141. The molecule has 8 nitrogen and oxygen atoms in total. The molecule has 0 aromatic heterocycles. The monoisotopic (exact) mass is 319 g/mol. The van der Waals surface area contributed by atoms with E-state index in [2.05, 4.69) is 0 Å². The molecule has 0 spiro atoms. The van der Waals surface area contributed by atoms with Gasteiger partial charge in [0.15, 0.2) is 0 Å². The third-order valence-corrected chi connectivity index (χ3v) is 4.17. The first-order valence-corrected chi connectivity index (χ1v) is 7.36. The van der Waals surface area contributed by atoms with Crippen LogP contribution in [0.1, 0.15) is 6.92 Å². The topological polar surface area (TPSA) is 122 Å². The zero-order valence-electron chi connectivity index (χ0n) is 11.7. The number of aliphatic hydroxyl groups is 1. The van der Waals surface area contributed by atoms with Crippen LogP contribution < -0.4 is 14.2 Å². The summed E-state index contributed by atoms with van der Waals surface area (Å²) in [5, 5.41) is 18.3. The van der Waals surface area contributed by atoms with Crippen molar-refractivity contribution in [2.75, 3.05) is 14.2 Å². The zero-order valence-corrected chi connectivity index (χ0v) is 12.5. The largest absolute Gasteiger partial charge is 0.497 e. The Kier molecular flexibility index (Phi) is 5.53. The van der Waals surface area contributed by atoms with E-state index in [1.165, 1.54) is 39.3 Å². The van der Waals surface area contributed by atoms with Crippen molar-refractivity contribution in [1.82, 2.24) is 4.72 Å². The van der Waals surface area contributed by atoms with Gasteiger partial charge in [-0.25, -0.2) is 8.42 Å². The summed E-state index contributed by atoms with van der Waals surface area (Å²) in [6.45, 7) is 1.17. The third-order valence-electron chi connectivity index (χ3n) is 2.69. The molecule has 0 aliphatic carbocycles. The fourth-order valence-electron chi connectivity index (χ4n) is 1.58. The maximum absolute atomic E-state index is 12.2. The van der Waals surface area contributed by atoms with E-state index < -0.39 is 28.1 Å². The van der Waals surface area contributed by atoms with Gasteiger partial charge in [-0.2, -0.15) is 4.72 Å². The summed E-state index contributed by atoms with van der Waals surface area (Å²) in [5.74, 6) is -1.10. The number of hydrogen-bond acceptors (Lipinski definition) is 6. The van der Waals surface area contributed by atoms with Crippen LogP contribution in [0.25, 0.3) is 0 Å². The molecule has 3 N–H and O–H groups in total. The van der Waals surface area contributed by atoms with Crippen LogP contribution in [-0.4, -0.2) is 51.0 Å². The second kappa shape index (κ2) is 6.74. The smallest absolute Gasteiger partial charge is 0.324 e. The van der Waals surface area contributed by atoms with Crippen molar-refractivity contribution in [3.8, 4) is 11.5 Å². The number of sulfonamides is 1. The predicted molar refractivity (Wildman–Crippen MR) is 73.0 cm³/mol. The number of methoxy groups -OCH3 is 2. The lowest BCUT2D eigenvalue weighted by atomic mass is 10.2. The molecule has 2 atom stereocenters. The summed E-state index contributed by atoms with van der Waals surface area (Å²) in [6, 6.07) is 2.31. The van der Waals surface area contributed by atoms with Crippen LogP contribution in [0.15, 0.2) is 23.1 Å². The van der Waals surface area contributed by atoms with Gasteiger partial charge in [0, 0.05) is 6.07 Å². The first-order valence-electron chi connectivity index (χ1n) is 5.88. The van der Waals surface area contributed by atoms with Gasteiger partial charge >= 0.3 is 5.97 Å². The fourth-order valence-corrected chi connectivity index (χ4v) is 3.00. The van der Waals surface area contributed by atoms with Crippen LogP contribution in [0.4, 0.5) is 0 Å². The molecular formula is C12H17NO7S. The number of ether oxygens (including phenoxy) is 2. The first kappa shape index (κ1) is 17.2. The Morgan fingerprint density at radius 3 is 2.33 bits per heavy atom. The highest BCUT2D eigenvalue weighted by Gasteiger charge is 2.31. The Morgan fingerprint density at radius 1 is 1.29 bits per heavy atom. The molecule has 0 amide bonds. The number of carboxylic acid groups (broad SMARTS) is 1. The fraction of sp³-hybridized carbons (Fsp3) is 0.417. The van der Waals surface area contributed by atoms with Crippen LogP contribution in [0.2, 0.25) is 0 Å². The van der Waals surface area contributed by atoms with Crippen molar-refractivity contribution < 1.29 is 32.9 Å². The van der Waals surface area contributed by atoms with E-state index in [1.807, 2.05) is 4.72 Å². The van der Waals surface area contributed by atoms with Gasteiger partial charge in [0.25, 0.3) is 0 Å². The number of nitrogens with one attached hydrogen (secondary N) is 1. The molecule has 1 aromatic rings. The molecule has 0 heterocycles. The highest BCUT2D eigenvalue weighted by molar-refractivity contribution is 7.89. The van der Waals surface area contributed by atoms with Crippen molar-refractivity contribution in [2.24, 2.45) is 0 Å². The van der Waals surface area contributed by atoms with Gasteiger partial charge in [0.05, 0.1) is 20.3 Å². The number of carbonyl (C=O) groups is 1. The molecule has 9 heteroatoms. The van der Waals surface area contributed by atoms with Crippen molar-refractivity contribution in [3.05, 3.63) is 18.2 Å². The van der Waals surface area contributed by atoms with Gasteiger partial charge in [0.2, 0.25) is 10.0 Å². The highest BCUT2D eigenvalue weighted by atomic mass is 32.2. The summed E-state index contributed by atoms with van der Waals surface area (Å²) >= 11 is 0. The number of benzene rings is 1. The quantitative estimate of drug-likeness (QED) is 0.637. The molecule has 0 aliphatic rings. The van der Waals surface area contributed by atoms with Gasteiger partial charge in [-0.3, -0.25) is 4.79 Å². The summed E-state index contributed by atoms with van der Waals surface area (Å²) < 4.78 is 36.3. The Bertz CT molecular complexity index is 612.